The molecule has 1 aliphatic carbocycles. The SMILES string of the molecule is c1ccc(CN2CC[C@H](CCNC3CC3)C2)cc1. The number of hydrogen-bond donors (Lipinski definition) is 1. The van der Waals surface area contributed by atoms with Crippen LogP contribution in [0.4, 0.5) is 0 Å². The monoisotopic (exact) mass is 244 g/mol. The lowest BCUT2D eigenvalue weighted by atomic mass is 10.1. The molecule has 0 spiro atoms. The summed E-state index contributed by atoms with van der Waals surface area (Å²) in [6.45, 7) is 4.94. The van der Waals surface area contributed by atoms with Crippen LogP contribution < -0.4 is 5.32 Å². The Balaban J connectivity index is 1.38. The Labute approximate surface area is 110 Å². The summed E-state index contributed by atoms with van der Waals surface area (Å²) < 4.78 is 0. The molecule has 1 aromatic carbocycles. The number of nitrogens with one attached hydrogen (secondary N) is 1. The molecule has 1 atom stereocenters. The molecular formula is C16H24N2. The van der Waals surface area contributed by atoms with Gasteiger partial charge < -0.3 is 5.32 Å². The first kappa shape index (κ1) is 12.2. The molecule has 1 N–H and O–H groups in total. The van der Waals surface area contributed by atoms with Crippen molar-refractivity contribution in [3.63, 3.8) is 0 Å². The smallest absolute Gasteiger partial charge is 0.0233 e. The summed E-state index contributed by atoms with van der Waals surface area (Å²) in [7, 11) is 0. The average Bonchev–Trinajstić information content (AvgIpc) is 3.11. The fourth-order valence-electron chi connectivity index (χ4n) is 2.91. The van der Waals surface area contributed by atoms with Crippen LogP contribution in [0.15, 0.2) is 30.3 Å². The fourth-order valence-corrected chi connectivity index (χ4v) is 2.91. The largest absolute Gasteiger partial charge is 0.314 e. The maximum absolute atomic E-state index is 3.63. The lowest BCUT2D eigenvalue weighted by molar-refractivity contribution is 0.312. The van der Waals surface area contributed by atoms with Gasteiger partial charge in [-0.2, -0.15) is 0 Å². The van der Waals surface area contributed by atoms with Crippen molar-refractivity contribution >= 4 is 0 Å². The third kappa shape index (κ3) is 3.56. The van der Waals surface area contributed by atoms with Gasteiger partial charge in [-0.25, -0.2) is 0 Å². The third-order valence-corrected chi connectivity index (χ3v) is 4.18. The van der Waals surface area contributed by atoms with E-state index in [9.17, 15) is 0 Å². The summed E-state index contributed by atoms with van der Waals surface area (Å²) in [5.41, 5.74) is 1.45. The molecule has 1 saturated heterocycles. The highest BCUT2D eigenvalue weighted by Gasteiger charge is 2.24. The Kier molecular flexibility index (Phi) is 3.96. The molecule has 3 rings (SSSR count). The van der Waals surface area contributed by atoms with Crippen molar-refractivity contribution in [3.05, 3.63) is 35.9 Å². The molecular weight excluding hydrogens is 220 g/mol. The first-order valence-corrected chi connectivity index (χ1v) is 7.40. The molecule has 2 fully saturated rings. The summed E-state index contributed by atoms with van der Waals surface area (Å²) >= 11 is 0. The van der Waals surface area contributed by atoms with Gasteiger partial charge in [-0.3, -0.25) is 4.90 Å². The predicted molar refractivity (Wildman–Crippen MR) is 75.5 cm³/mol. The van der Waals surface area contributed by atoms with E-state index < -0.39 is 0 Å². The van der Waals surface area contributed by atoms with Crippen LogP contribution in [0.1, 0.15) is 31.2 Å². The molecule has 0 aromatic heterocycles. The van der Waals surface area contributed by atoms with Crippen molar-refractivity contribution in [2.75, 3.05) is 19.6 Å². The molecule has 0 unspecified atom stereocenters. The lowest BCUT2D eigenvalue weighted by Crippen LogP contribution is -2.23. The van der Waals surface area contributed by atoms with E-state index >= 15 is 0 Å². The van der Waals surface area contributed by atoms with E-state index in [0.717, 1.165) is 18.5 Å². The summed E-state index contributed by atoms with van der Waals surface area (Å²) in [6.07, 6.45) is 5.57. The zero-order valence-corrected chi connectivity index (χ0v) is 11.1. The van der Waals surface area contributed by atoms with Gasteiger partial charge in [0.15, 0.2) is 0 Å². The van der Waals surface area contributed by atoms with Crippen molar-refractivity contribution < 1.29 is 0 Å². The van der Waals surface area contributed by atoms with Crippen LogP contribution in [0.25, 0.3) is 0 Å². The highest BCUT2D eigenvalue weighted by Crippen LogP contribution is 2.22. The molecule has 1 aromatic rings. The normalized spacial score (nSPS) is 24.6. The maximum Gasteiger partial charge on any atom is 0.0233 e. The summed E-state index contributed by atoms with van der Waals surface area (Å²) in [6, 6.07) is 11.7. The van der Waals surface area contributed by atoms with Gasteiger partial charge >= 0.3 is 0 Å². The quantitative estimate of drug-likeness (QED) is 0.827. The maximum atomic E-state index is 3.63. The van der Waals surface area contributed by atoms with Crippen LogP contribution in [-0.4, -0.2) is 30.6 Å². The Morgan fingerprint density at radius 2 is 1.94 bits per heavy atom. The van der Waals surface area contributed by atoms with Crippen LogP contribution in [0.2, 0.25) is 0 Å². The number of benzene rings is 1. The zero-order chi connectivity index (χ0) is 12.2. The predicted octanol–water partition coefficient (Wildman–Crippen LogP) is 2.65. The van der Waals surface area contributed by atoms with E-state index in [4.69, 9.17) is 0 Å². The molecule has 1 aliphatic heterocycles. The van der Waals surface area contributed by atoms with Crippen molar-refractivity contribution in [2.24, 2.45) is 5.92 Å². The van der Waals surface area contributed by atoms with Crippen molar-refractivity contribution in [1.29, 1.82) is 0 Å². The van der Waals surface area contributed by atoms with Crippen LogP contribution >= 0.6 is 0 Å². The first-order valence-electron chi connectivity index (χ1n) is 7.40. The fraction of sp³-hybridized carbons (Fsp3) is 0.625. The number of nitrogens with zero attached hydrogens (tertiary/aromatic N) is 1. The molecule has 2 aliphatic rings. The Morgan fingerprint density at radius 3 is 2.72 bits per heavy atom. The van der Waals surface area contributed by atoms with Gasteiger partial charge in [-0.15, -0.1) is 0 Å². The van der Waals surface area contributed by atoms with E-state index in [-0.39, 0.29) is 0 Å². The van der Waals surface area contributed by atoms with Gasteiger partial charge in [-0.1, -0.05) is 30.3 Å². The Hall–Kier alpha value is -0.860. The van der Waals surface area contributed by atoms with Crippen LogP contribution in [0, 0.1) is 5.92 Å². The van der Waals surface area contributed by atoms with Gasteiger partial charge in [0.2, 0.25) is 0 Å². The topological polar surface area (TPSA) is 15.3 Å². The van der Waals surface area contributed by atoms with E-state index in [1.54, 1.807) is 0 Å². The molecule has 2 nitrogen and oxygen atoms in total. The zero-order valence-electron chi connectivity index (χ0n) is 11.1. The minimum absolute atomic E-state index is 0.867. The Morgan fingerprint density at radius 1 is 1.11 bits per heavy atom. The molecule has 98 valence electrons. The van der Waals surface area contributed by atoms with Gasteiger partial charge in [0.25, 0.3) is 0 Å². The molecule has 18 heavy (non-hydrogen) atoms. The Bertz CT molecular complexity index is 359. The molecule has 0 radical (unpaired) electrons. The molecule has 2 heteroatoms. The second-order valence-corrected chi connectivity index (χ2v) is 5.89. The van der Waals surface area contributed by atoms with Gasteiger partial charge in [0.05, 0.1) is 0 Å². The molecule has 1 heterocycles. The first-order chi connectivity index (χ1) is 8.90. The summed E-state index contributed by atoms with van der Waals surface area (Å²) in [5, 5.41) is 3.63. The highest BCUT2D eigenvalue weighted by atomic mass is 15.1. The number of hydrogen-bond acceptors (Lipinski definition) is 2. The number of likely N-dealkylation sites (tertiary alicyclic amines) is 1. The van der Waals surface area contributed by atoms with Gasteiger partial charge in [0, 0.05) is 19.1 Å². The minimum Gasteiger partial charge on any atom is -0.314 e. The second-order valence-electron chi connectivity index (χ2n) is 5.89. The van der Waals surface area contributed by atoms with E-state index in [2.05, 4.69) is 40.5 Å². The third-order valence-electron chi connectivity index (χ3n) is 4.18. The van der Waals surface area contributed by atoms with E-state index in [0.29, 0.717) is 0 Å². The molecule has 1 saturated carbocycles. The van der Waals surface area contributed by atoms with Gasteiger partial charge in [0.1, 0.15) is 0 Å². The van der Waals surface area contributed by atoms with Crippen molar-refractivity contribution in [2.45, 2.75) is 38.3 Å². The van der Waals surface area contributed by atoms with Crippen LogP contribution in [0.3, 0.4) is 0 Å². The molecule has 0 bridgehead atoms. The second kappa shape index (κ2) is 5.85. The molecule has 0 amide bonds. The van der Waals surface area contributed by atoms with Crippen molar-refractivity contribution in [3.8, 4) is 0 Å². The average molecular weight is 244 g/mol. The standard InChI is InChI=1S/C16H24N2/c1-2-4-14(5-3-1)12-18-11-9-15(13-18)8-10-17-16-6-7-16/h1-5,15-17H,6-13H2/t15-/m0/s1. The van der Waals surface area contributed by atoms with Crippen LogP contribution in [0.5, 0.6) is 0 Å². The summed E-state index contributed by atoms with van der Waals surface area (Å²) in [5.74, 6) is 0.917. The highest BCUT2D eigenvalue weighted by molar-refractivity contribution is 5.14. The number of rotatable bonds is 6. The van der Waals surface area contributed by atoms with Crippen LogP contribution in [-0.2, 0) is 6.54 Å². The van der Waals surface area contributed by atoms with Gasteiger partial charge in [-0.05, 0) is 50.3 Å². The van der Waals surface area contributed by atoms with Crippen molar-refractivity contribution in [1.82, 2.24) is 10.2 Å². The minimum atomic E-state index is 0.867. The van der Waals surface area contributed by atoms with E-state index in [1.165, 1.54) is 50.9 Å². The summed E-state index contributed by atoms with van der Waals surface area (Å²) in [4.78, 5) is 2.61. The lowest BCUT2D eigenvalue weighted by Gasteiger charge is -2.16. The van der Waals surface area contributed by atoms with E-state index in [1.807, 2.05) is 0 Å².